The van der Waals surface area contributed by atoms with Crippen LogP contribution in [0, 0.1) is 0 Å². The third-order valence-corrected chi connectivity index (χ3v) is 5.07. The van der Waals surface area contributed by atoms with E-state index in [-0.39, 0.29) is 0 Å². The van der Waals surface area contributed by atoms with E-state index in [0.29, 0.717) is 11.8 Å². The summed E-state index contributed by atoms with van der Waals surface area (Å²) in [5.74, 6) is 2.88. The van der Waals surface area contributed by atoms with Gasteiger partial charge in [-0.3, -0.25) is 4.99 Å². The Morgan fingerprint density at radius 2 is 2.12 bits per heavy atom. The lowest BCUT2D eigenvalue weighted by atomic mass is 10.4. The number of rotatable bonds is 6. The molecule has 0 radical (unpaired) electrons. The molecule has 2 heterocycles. The molecule has 0 fully saturated rings. The lowest BCUT2D eigenvalue weighted by Crippen LogP contribution is -2.40. The first-order valence-corrected chi connectivity index (χ1v) is 9.21. The highest BCUT2D eigenvalue weighted by Crippen LogP contribution is 2.21. The molecule has 0 bridgehead atoms. The molecule has 128 valence electrons. The van der Waals surface area contributed by atoms with Gasteiger partial charge in [0.1, 0.15) is 5.82 Å². The number of thioether (sulfide) groups is 1. The van der Waals surface area contributed by atoms with Gasteiger partial charge in [-0.2, -0.15) is 0 Å². The minimum atomic E-state index is 0.447. The molecule has 0 spiro atoms. The first-order valence-electron chi connectivity index (χ1n) is 8.33. The molecule has 1 atom stereocenters. The average molecular weight is 344 g/mol. The van der Waals surface area contributed by atoms with Gasteiger partial charge in [-0.1, -0.05) is 25.1 Å². The fraction of sp³-hybridized carbons (Fsp3) is 0.471. The summed E-state index contributed by atoms with van der Waals surface area (Å²) in [5.41, 5.74) is 0. The third-order valence-electron chi connectivity index (χ3n) is 3.96. The number of fused-ring (bicyclic) bond motifs is 1. The van der Waals surface area contributed by atoms with Gasteiger partial charge < -0.3 is 15.2 Å². The Hall–Kier alpha value is -2.02. The van der Waals surface area contributed by atoms with Crippen LogP contribution in [-0.4, -0.2) is 39.6 Å². The highest BCUT2D eigenvalue weighted by Gasteiger charge is 2.17. The SMILES string of the molecule is CN=C(NCc1nnc2n1CCC2)NCC(C)Sc1ccccc1. The van der Waals surface area contributed by atoms with Gasteiger partial charge in [0, 0.05) is 36.7 Å². The van der Waals surface area contributed by atoms with Crippen LogP contribution in [0.15, 0.2) is 40.2 Å². The molecule has 1 unspecified atom stereocenters. The molecule has 7 heteroatoms. The van der Waals surface area contributed by atoms with Crippen molar-refractivity contribution in [2.24, 2.45) is 4.99 Å². The monoisotopic (exact) mass is 344 g/mol. The van der Waals surface area contributed by atoms with E-state index in [0.717, 1.165) is 37.1 Å². The van der Waals surface area contributed by atoms with Crippen LogP contribution in [0.5, 0.6) is 0 Å². The predicted molar refractivity (Wildman–Crippen MR) is 98.3 cm³/mol. The molecule has 1 aliphatic rings. The van der Waals surface area contributed by atoms with Crippen molar-refractivity contribution < 1.29 is 0 Å². The minimum absolute atomic E-state index is 0.447. The van der Waals surface area contributed by atoms with E-state index >= 15 is 0 Å². The Kier molecular flexibility index (Phi) is 5.74. The molecular formula is C17H24N6S. The Bertz CT molecular complexity index is 682. The van der Waals surface area contributed by atoms with Gasteiger partial charge >= 0.3 is 0 Å². The van der Waals surface area contributed by atoms with Crippen molar-refractivity contribution in [3.8, 4) is 0 Å². The summed E-state index contributed by atoms with van der Waals surface area (Å²) in [4.78, 5) is 5.57. The van der Waals surface area contributed by atoms with Crippen molar-refractivity contribution in [3.63, 3.8) is 0 Å². The summed E-state index contributed by atoms with van der Waals surface area (Å²) in [6.07, 6.45) is 2.20. The molecule has 2 aromatic rings. The first-order chi connectivity index (χ1) is 11.8. The Balaban J connectivity index is 1.45. The largest absolute Gasteiger partial charge is 0.355 e. The second-order valence-electron chi connectivity index (χ2n) is 5.84. The van der Waals surface area contributed by atoms with Crippen molar-refractivity contribution in [2.75, 3.05) is 13.6 Å². The van der Waals surface area contributed by atoms with Crippen molar-refractivity contribution in [1.82, 2.24) is 25.4 Å². The predicted octanol–water partition coefficient (Wildman–Crippen LogP) is 2.07. The van der Waals surface area contributed by atoms with E-state index in [4.69, 9.17) is 0 Å². The van der Waals surface area contributed by atoms with Crippen molar-refractivity contribution in [2.45, 2.75) is 43.0 Å². The molecule has 24 heavy (non-hydrogen) atoms. The Labute approximate surface area is 147 Å². The van der Waals surface area contributed by atoms with Gasteiger partial charge in [-0.05, 0) is 18.6 Å². The summed E-state index contributed by atoms with van der Waals surface area (Å²) in [7, 11) is 1.79. The highest BCUT2D eigenvalue weighted by molar-refractivity contribution is 8.00. The van der Waals surface area contributed by atoms with Crippen LogP contribution in [0.3, 0.4) is 0 Å². The normalized spacial score (nSPS) is 15.2. The topological polar surface area (TPSA) is 67.1 Å². The van der Waals surface area contributed by atoms with Gasteiger partial charge in [0.25, 0.3) is 0 Å². The zero-order valence-corrected chi connectivity index (χ0v) is 15.0. The number of benzene rings is 1. The molecule has 1 aromatic heterocycles. The zero-order valence-electron chi connectivity index (χ0n) is 14.2. The number of hydrogen-bond acceptors (Lipinski definition) is 4. The lowest BCUT2D eigenvalue weighted by Gasteiger charge is -2.15. The molecule has 1 aromatic carbocycles. The van der Waals surface area contributed by atoms with Crippen LogP contribution in [0.25, 0.3) is 0 Å². The van der Waals surface area contributed by atoms with Crippen molar-refractivity contribution in [1.29, 1.82) is 0 Å². The second kappa shape index (κ2) is 8.19. The lowest BCUT2D eigenvalue weighted by molar-refractivity contribution is 0.662. The smallest absolute Gasteiger partial charge is 0.191 e. The van der Waals surface area contributed by atoms with Gasteiger partial charge in [0.05, 0.1) is 6.54 Å². The van der Waals surface area contributed by atoms with E-state index < -0.39 is 0 Å². The van der Waals surface area contributed by atoms with Crippen LogP contribution in [0.2, 0.25) is 0 Å². The fourth-order valence-electron chi connectivity index (χ4n) is 2.74. The summed E-state index contributed by atoms with van der Waals surface area (Å²) in [6.45, 7) is 4.73. The number of hydrogen-bond donors (Lipinski definition) is 2. The van der Waals surface area contributed by atoms with E-state index in [1.165, 1.54) is 11.3 Å². The summed E-state index contributed by atoms with van der Waals surface area (Å²) < 4.78 is 2.20. The maximum atomic E-state index is 4.29. The van der Waals surface area contributed by atoms with Gasteiger partial charge in [-0.15, -0.1) is 22.0 Å². The van der Waals surface area contributed by atoms with Crippen LogP contribution in [0.1, 0.15) is 25.0 Å². The van der Waals surface area contributed by atoms with Gasteiger partial charge in [0.15, 0.2) is 11.8 Å². The molecule has 1 aliphatic heterocycles. The number of aryl methyl sites for hydroxylation is 1. The maximum absolute atomic E-state index is 4.29. The van der Waals surface area contributed by atoms with Gasteiger partial charge in [0.2, 0.25) is 0 Å². The first kappa shape index (κ1) is 16.8. The Morgan fingerprint density at radius 3 is 2.92 bits per heavy atom. The van der Waals surface area contributed by atoms with Crippen LogP contribution in [0.4, 0.5) is 0 Å². The summed E-state index contributed by atoms with van der Waals surface area (Å²) >= 11 is 1.86. The molecule has 0 saturated carbocycles. The molecule has 3 rings (SSSR count). The van der Waals surface area contributed by atoms with E-state index in [9.17, 15) is 0 Å². The average Bonchev–Trinajstić information content (AvgIpc) is 3.20. The standard InChI is InChI=1S/C17H24N6S/c1-13(24-14-7-4-3-5-8-14)11-19-17(18-2)20-12-16-22-21-15-9-6-10-23(15)16/h3-5,7-8,13H,6,9-12H2,1-2H3,(H2,18,19,20). The van der Waals surface area contributed by atoms with E-state index in [2.05, 4.69) is 61.6 Å². The van der Waals surface area contributed by atoms with Gasteiger partial charge in [-0.25, -0.2) is 0 Å². The summed E-state index contributed by atoms with van der Waals surface area (Å²) in [6, 6.07) is 10.5. The quantitative estimate of drug-likeness (QED) is 0.477. The molecule has 2 N–H and O–H groups in total. The summed E-state index contributed by atoms with van der Waals surface area (Å²) in [5, 5.41) is 15.6. The van der Waals surface area contributed by atoms with Crippen LogP contribution in [-0.2, 0) is 19.5 Å². The molecule has 0 saturated heterocycles. The number of aliphatic imine (C=N–C) groups is 1. The number of nitrogens with one attached hydrogen (secondary N) is 2. The molecule has 0 amide bonds. The van der Waals surface area contributed by atoms with Crippen LogP contribution < -0.4 is 10.6 Å². The molecule has 0 aliphatic carbocycles. The fourth-order valence-corrected chi connectivity index (χ4v) is 3.68. The number of aromatic nitrogens is 3. The number of nitrogens with zero attached hydrogens (tertiary/aromatic N) is 4. The van der Waals surface area contributed by atoms with Crippen LogP contribution >= 0.6 is 11.8 Å². The minimum Gasteiger partial charge on any atom is -0.355 e. The van der Waals surface area contributed by atoms with E-state index in [1.54, 1.807) is 7.05 Å². The third kappa shape index (κ3) is 4.29. The maximum Gasteiger partial charge on any atom is 0.191 e. The van der Waals surface area contributed by atoms with Crippen molar-refractivity contribution >= 4 is 17.7 Å². The Morgan fingerprint density at radius 1 is 1.29 bits per heavy atom. The van der Waals surface area contributed by atoms with Crippen molar-refractivity contribution in [3.05, 3.63) is 42.0 Å². The number of guanidine groups is 1. The molecular weight excluding hydrogens is 320 g/mol. The zero-order chi connectivity index (χ0) is 16.8. The van der Waals surface area contributed by atoms with E-state index in [1.807, 2.05) is 17.8 Å². The molecule has 6 nitrogen and oxygen atoms in total. The highest BCUT2D eigenvalue weighted by atomic mass is 32.2. The second-order valence-corrected chi connectivity index (χ2v) is 7.35.